The molecule has 1 aromatic rings. The number of nitrogens with zero attached hydrogens (tertiary/aromatic N) is 2. The quantitative estimate of drug-likeness (QED) is 0.640. The summed E-state index contributed by atoms with van der Waals surface area (Å²) < 4.78 is 37.9. The molecule has 0 amide bonds. The van der Waals surface area contributed by atoms with Gasteiger partial charge in [0.2, 0.25) is 0 Å². The van der Waals surface area contributed by atoms with E-state index in [1.165, 1.54) is 16.2 Å². The van der Waals surface area contributed by atoms with Crippen molar-refractivity contribution in [3.05, 3.63) is 16.1 Å². The fraction of sp³-hybridized carbons (Fsp3) is 0.600. The molecule has 0 aliphatic rings. The Bertz CT molecular complexity index is 416. The number of amidine groups is 1. The topological polar surface area (TPSA) is 66.0 Å². The van der Waals surface area contributed by atoms with Crippen LogP contribution in [0.15, 0.2) is 5.51 Å². The predicted octanol–water partition coefficient (Wildman–Crippen LogP) is 2.00. The van der Waals surface area contributed by atoms with Crippen LogP contribution in [0, 0.1) is 18.3 Å². The third kappa shape index (κ3) is 3.95. The zero-order valence-electron chi connectivity index (χ0n) is 10.1. The predicted molar refractivity (Wildman–Crippen MR) is 64.6 cm³/mol. The van der Waals surface area contributed by atoms with Crippen LogP contribution >= 0.6 is 11.3 Å². The first-order valence-corrected chi connectivity index (χ1v) is 6.08. The van der Waals surface area contributed by atoms with Gasteiger partial charge in [-0.25, -0.2) is 4.98 Å². The second-order valence-electron chi connectivity index (χ2n) is 4.11. The molecule has 0 saturated heterocycles. The maximum Gasteiger partial charge on any atom is 0.399 e. The highest BCUT2D eigenvalue weighted by Gasteiger charge is 2.42. The van der Waals surface area contributed by atoms with Gasteiger partial charge in [0.05, 0.1) is 11.2 Å². The number of aromatic nitrogens is 1. The highest BCUT2D eigenvalue weighted by Crippen LogP contribution is 2.27. The molecule has 8 heteroatoms. The SMILES string of the molecule is Cc1ncsc1CN(C)CC(C(=N)N)C(F)(F)F. The smallest absolute Gasteiger partial charge is 0.387 e. The number of nitrogens with one attached hydrogen (secondary N) is 1. The van der Waals surface area contributed by atoms with E-state index >= 15 is 0 Å². The second kappa shape index (κ2) is 5.66. The van der Waals surface area contributed by atoms with Crippen LogP contribution in [0.5, 0.6) is 0 Å². The lowest BCUT2D eigenvalue weighted by Gasteiger charge is -2.24. The van der Waals surface area contributed by atoms with Gasteiger partial charge in [-0.3, -0.25) is 5.41 Å². The van der Waals surface area contributed by atoms with Gasteiger partial charge in [-0.05, 0) is 14.0 Å². The highest BCUT2D eigenvalue weighted by molar-refractivity contribution is 7.09. The first-order valence-electron chi connectivity index (χ1n) is 5.20. The van der Waals surface area contributed by atoms with E-state index in [0.717, 1.165) is 10.6 Å². The summed E-state index contributed by atoms with van der Waals surface area (Å²) in [5.74, 6) is -2.77. The summed E-state index contributed by atoms with van der Waals surface area (Å²) in [6.07, 6.45) is -4.48. The minimum atomic E-state index is -4.48. The van der Waals surface area contributed by atoms with Crippen LogP contribution < -0.4 is 5.73 Å². The Hall–Kier alpha value is -1.15. The normalized spacial score (nSPS) is 13.9. The summed E-state index contributed by atoms with van der Waals surface area (Å²) in [4.78, 5) is 6.45. The largest absolute Gasteiger partial charge is 0.399 e. The number of alkyl halides is 3. The van der Waals surface area contributed by atoms with Crippen molar-refractivity contribution in [1.82, 2.24) is 9.88 Å². The molecule has 3 N–H and O–H groups in total. The molecule has 102 valence electrons. The lowest BCUT2D eigenvalue weighted by molar-refractivity contribution is -0.159. The molecule has 1 aromatic heterocycles. The Morgan fingerprint density at radius 3 is 2.61 bits per heavy atom. The van der Waals surface area contributed by atoms with Crippen molar-refractivity contribution >= 4 is 17.2 Å². The molecule has 0 aliphatic heterocycles. The van der Waals surface area contributed by atoms with Gasteiger partial charge < -0.3 is 10.6 Å². The molecule has 0 spiro atoms. The summed E-state index contributed by atoms with van der Waals surface area (Å²) in [6.45, 7) is 1.86. The van der Waals surface area contributed by atoms with Crippen molar-refractivity contribution < 1.29 is 13.2 Å². The van der Waals surface area contributed by atoms with Crippen LogP contribution in [0.25, 0.3) is 0 Å². The Labute approximate surface area is 107 Å². The fourth-order valence-electron chi connectivity index (χ4n) is 1.48. The fourth-order valence-corrected chi connectivity index (χ4v) is 2.33. The number of nitrogens with two attached hydrogens (primary N) is 1. The standard InChI is InChI=1S/C10H15F3N4S/c1-6-8(18-5-16-6)4-17(2)3-7(9(14)15)10(11,12)13/h5,7H,3-4H2,1-2H3,(H3,14,15). The van der Waals surface area contributed by atoms with E-state index in [2.05, 4.69) is 4.98 Å². The van der Waals surface area contributed by atoms with Crippen LogP contribution in [-0.4, -0.2) is 35.5 Å². The van der Waals surface area contributed by atoms with Crippen LogP contribution in [0.1, 0.15) is 10.6 Å². The number of thiazole rings is 1. The molecule has 1 heterocycles. The van der Waals surface area contributed by atoms with Gasteiger partial charge in [-0.2, -0.15) is 13.2 Å². The molecule has 18 heavy (non-hydrogen) atoms. The van der Waals surface area contributed by atoms with Crippen molar-refractivity contribution in [2.75, 3.05) is 13.6 Å². The van der Waals surface area contributed by atoms with Crippen molar-refractivity contribution in [2.24, 2.45) is 11.7 Å². The number of hydrogen-bond acceptors (Lipinski definition) is 4. The molecule has 0 saturated carbocycles. The van der Waals surface area contributed by atoms with E-state index in [0.29, 0.717) is 6.54 Å². The highest BCUT2D eigenvalue weighted by atomic mass is 32.1. The number of rotatable bonds is 5. The van der Waals surface area contributed by atoms with Crippen LogP contribution in [-0.2, 0) is 6.54 Å². The summed E-state index contributed by atoms with van der Waals surface area (Å²) in [5.41, 5.74) is 7.48. The molecular weight excluding hydrogens is 265 g/mol. The minimum absolute atomic E-state index is 0.323. The van der Waals surface area contributed by atoms with E-state index in [9.17, 15) is 13.2 Å². The van der Waals surface area contributed by atoms with Crippen LogP contribution in [0.2, 0.25) is 0 Å². The molecule has 0 radical (unpaired) electrons. The average Bonchev–Trinajstić information content (AvgIpc) is 2.59. The molecule has 1 atom stereocenters. The molecule has 4 nitrogen and oxygen atoms in total. The van der Waals surface area contributed by atoms with Gasteiger partial charge in [0.15, 0.2) is 0 Å². The van der Waals surface area contributed by atoms with E-state index in [-0.39, 0.29) is 6.54 Å². The van der Waals surface area contributed by atoms with E-state index < -0.39 is 17.9 Å². The molecule has 1 rings (SSSR count). The van der Waals surface area contributed by atoms with Crippen molar-refractivity contribution in [3.63, 3.8) is 0 Å². The Kier molecular flexibility index (Phi) is 4.69. The molecule has 1 unspecified atom stereocenters. The zero-order valence-corrected chi connectivity index (χ0v) is 10.9. The Morgan fingerprint density at radius 1 is 1.61 bits per heavy atom. The molecule has 0 aromatic carbocycles. The summed E-state index contributed by atoms with van der Waals surface area (Å²) in [7, 11) is 1.57. The summed E-state index contributed by atoms with van der Waals surface area (Å²) in [6, 6.07) is 0. The zero-order chi connectivity index (χ0) is 13.9. The van der Waals surface area contributed by atoms with Crippen LogP contribution in [0.4, 0.5) is 13.2 Å². The number of aryl methyl sites for hydroxylation is 1. The molecule has 0 bridgehead atoms. The monoisotopic (exact) mass is 280 g/mol. The molecule has 0 aliphatic carbocycles. The van der Waals surface area contributed by atoms with Gasteiger partial charge in [-0.15, -0.1) is 11.3 Å². The number of hydrogen-bond donors (Lipinski definition) is 2. The summed E-state index contributed by atoms with van der Waals surface area (Å²) in [5, 5.41) is 7.01. The van der Waals surface area contributed by atoms with E-state index in [4.69, 9.17) is 11.1 Å². The van der Waals surface area contributed by atoms with Crippen molar-refractivity contribution in [2.45, 2.75) is 19.6 Å². The van der Waals surface area contributed by atoms with Gasteiger partial charge in [-0.1, -0.05) is 0 Å². The van der Waals surface area contributed by atoms with Crippen LogP contribution in [0.3, 0.4) is 0 Å². The van der Waals surface area contributed by atoms with Gasteiger partial charge >= 0.3 is 6.18 Å². The van der Waals surface area contributed by atoms with Crippen molar-refractivity contribution in [3.8, 4) is 0 Å². The molecular formula is C10H15F3N4S. The maximum absolute atomic E-state index is 12.6. The third-order valence-corrected chi connectivity index (χ3v) is 3.44. The first kappa shape index (κ1) is 14.9. The van der Waals surface area contributed by atoms with E-state index in [1.807, 2.05) is 6.92 Å². The third-order valence-electron chi connectivity index (χ3n) is 2.52. The maximum atomic E-state index is 12.6. The van der Waals surface area contributed by atoms with Gasteiger partial charge in [0, 0.05) is 18.0 Å². The summed E-state index contributed by atoms with van der Waals surface area (Å²) >= 11 is 1.40. The Morgan fingerprint density at radius 2 is 2.22 bits per heavy atom. The second-order valence-corrected chi connectivity index (χ2v) is 5.05. The van der Waals surface area contributed by atoms with Gasteiger partial charge in [0.25, 0.3) is 0 Å². The number of halogens is 3. The Balaban J connectivity index is 2.65. The lowest BCUT2D eigenvalue weighted by atomic mass is 10.1. The molecule has 0 fully saturated rings. The van der Waals surface area contributed by atoms with E-state index in [1.54, 1.807) is 12.6 Å². The average molecular weight is 280 g/mol. The lowest BCUT2D eigenvalue weighted by Crippen LogP contribution is -2.42. The first-order chi connectivity index (χ1) is 8.21. The van der Waals surface area contributed by atoms with Gasteiger partial charge in [0.1, 0.15) is 11.8 Å². The van der Waals surface area contributed by atoms with Crippen molar-refractivity contribution in [1.29, 1.82) is 5.41 Å². The minimum Gasteiger partial charge on any atom is -0.387 e.